The zero-order valence-electron chi connectivity index (χ0n) is 10.3. The SMILES string of the molecule is CCCC(=O)NCC(=O)NC(C)CCC(=O)O. The number of carbonyl (C=O) groups is 3. The topological polar surface area (TPSA) is 95.5 Å². The van der Waals surface area contributed by atoms with Gasteiger partial charge in [-0.1, -0.05) is 6.92 Å². The minimum absolute atomic E-state index is 0.0175. The lowest BCUT2D eigenvalue weighted by Gasteiger charge is -2.13. The van der Waals surface area contributed by atoms with Crippen LogP contribution in [-0.2, 0) is 14.4 Å². The first kappa shape index (κ1) is 15.4. The van der Waals surface area contributed by atoms with E-state index < -0.39 is 5.97 Å². The van der Waals surface area contributed by atoms with E-state index in [1.807, 2.05) is 6.92 Å². The second kappa shape index (κ2) is 8.55. The summed E-state index contributed by atoms with van der Waals surface area (Å²) in [6.45, 7) is 3.55. The summed E-state index contributed by atoms with van der Waals surface area (Å²) in [5, 5.41) is 13.6. The fourth-order valence-electron chi connectivity index (χ4n) is 1.23. The molecule has 0 heterocycles. The molecule has 0 spiro atoms. The number of carboxylic acid groups (broad SMARTS) is 1. The molecule has 0 aliphatic heterocycles. The molecular formula is C11H20N2O4. The van der Waals surface area contributed by atoms with Crippen molar-refractivity contribution in [3.8, 4) is 0 Å². The van der Waals surface area contributed by atoms with Crippen molar-refractivity contribution in [1.29, 1.82) is 0 Å². The van der Waals surface area contributed by atoms with Crippen LogP contribution in [0.4, 0.5) is 0 Å². The van der Waals surface area contributed by atoms with Crippen LogP contribution in [0.3, 0.4) is 0 Å². The molecule has 0 radical (unpaired) electrons. The highest BCUT2D eigenvalue weighted by molar-refractivity contribution is 5.84. The summed E-state index contributed by atoms with van der Waals surface area (Å²) in [7, 11) is 0. The fraction of sp³-hybridized carbons (Fsp3) is 0.727. The van der Waals surface area contributed by atoms with Gasteiger partial charge in [0.2, 0.25) is 11.8 Å². The zero-order valence-corrected chi connectivity index (χ0v) is 10.3. The molecule has 0 bridgehead atoms. The summed E-state index contributed by atoms with van der Waals surface area (Å²) in [6.07, 6.45) is 1.54. The standard InChI is InChI=1S/C11H20N2O4/c1-3-4-9(14)12-7-10(15)13-8(2)5-6-11(16)17/h8H,3-7H2,1-2H3,(H,12,14)(H,13,15)(H,16,17). The largest absolute Gasteiger partial charge is 0.481 e. The van der Waals surface area contributed by atoms with Gasteiger partial charge in [-0.05, 0) is 19.8 Å². The van der Waals surface area contributed by atoms with Crippen LogP contribution in [0.2, 0.25) is 0 Å². The highest BCUT2D eigenvalue weighted by Crippen LogP contribution is 1.95. The van der Waals surface area contributed by atoms with Crippen molar-refractivity contribution in [3.05, 3.63) is 0 Å². The average molecular weight is 244 g/mol. The Morgan fingerprint density at radius 2 is 1.82 bits per heavy atom. The summed E-state index contributed by atoms with van der Waals surface area (Å²) < 4.78 is 0. The number of hydrogen-bond acceptors (Lipinski definition) is 3. The molecular weight excluding hydrogens is 224 g/mol. The van der Waals surface area contributed by atoms with Crippen LogP contribution >= 0.6 is 0 Å². The lowest BCUT2D eigenvalue weighted by molar-refractivity contribution is -0.137. The Balaban J connectivity index is 3.70. The molecule has 0 aliphatic carbocycles. The van der Waals surface area contributed by atoms with Crippen LogP contribution in [0, 0.1) is 0 Å². The summed E-state index contributed by atoms with van der Waals surface area (Å²) in [5.41, 5.74) is 0. The number of hydrogen-bond donors (Lipinski definition) is 3. The summed E-state index contributed by atoms with van der Waals surface area (Å²) in [5.74, 6) is -1.34. The van der Waals surface area contributed by atoms with E-state index >= 15 is 0 Å². The molecule has 0 aromatic heterocycles. The van der Waals surface area contributed by atoms with Crippen molar-refractivity contribution in [2.75, 3.05) is 6.54 Å². The molecule has 2 amide bonds. The number of carboxylic acids is 1. The van der Waals surface area contributed by atoms with Crippen LogP contribution < -0.4 is 10.6 Å². The van der Waals surface area contributed by atoms with E-state index in [2.05, 4.69) is 10.6 Å². The molecule has 0 fully saturated rings. The van der Waals surface area contributed by atoms with E-state index in [0.29, 0.717) is 12.8 Å². The van der Waals surface area contributed by atoms with E-state index in [1.165, 1.54) is 0 Å². The van der Waals surface area contributed by atoms with Gasteiger partial charge in [-0.2, -0.15) is 0 Å². The van der Waals surface area contributed by atoms with Gasteiger partial charge in [0.25, 0.3) is 0 Å². The zero-order chi connectivity index (χ0) is 13.3. The molecule has 6 nitrogen and oxygen atoms in total. The van der Waals surface area contributed by atoms with Crippen molar-refractivity contribution in [1.82, 2.24) is 10.6 Å². The molecule has 1 atom stereocenters. The number of carbonyl (C=O) groups excluding carboxylic acids is 2. The maximum absolute atomic E-state index is 11.3. The van der Waals surface area contributed by atoms with Crippen molar-refractivity contribution in [2.45, 2.75) is 45.6 Å². The van der Waals surface area contributed by atoms with E-state index in [4.69, 9.17) is 5.11 Å². The Kier molecular flexibility index (Phi) is 7.75. The molecule has 0 rings (SSSR count). The molecule has 0 aromatic carbocycles. The lowest BCUT2D eigenvalue weighted by atomic mass is 10.2. The Morgan fingerprint density at radius 1 is 1.18 bits per heavy atom. The van der Waals surface area contributed by atoms with E-state index in [9.17, 15) is 14.4 Å². The summed E-state index contributed by atoms with van der Waals surface area (Å²) in [6, 6.07) is -0.207. The lowest BCUT2D eigenvalue weighted by Crippen LogP contribution is -2.40. The third-order valence-corrected chi connectivity index (χ3v) is 2.12. The second-order valence-electron chi connectivity index (χ2n) is 3.93. The van der Waals surface area contributed by atoms with Crippen molar-refractivity contribution >= 4 is 17.8 Å². The van der Waals surface area contributed by atoms with Gasteiger partial charge in [0.15, 0.2) is 0 Å². The highest BCUT2D eigenvalue weighted by atomic mass is 16.4. The van der Waals surface area contributed by atoms with E-state index in [1.54, 1.807) is 6.92 Å². The fourth-order valence-corrected chi connectivity index (χ4v) is 1.23. The average Bonchev–Trinajstić information content (AvgIpc) is 2.24. The van der Waals surface area contributed by atoms with Gasteiger partial charge >= 0.3 is 5.97 Å². The van der Waals surface area contributed by atoms with Gasteiger partial charge in [0.05, 0.1) is 6.54 Å². The first-order valence-electron chi connectivity index (χ1n) is 5.73. The van der Waals surface area contributed by atoms with Gasteiger partial charge in [0, 0.05) is 18.9 Å². The van der Waals surface area contributed by atoms with Gasteiger partial charge in [-0.25, -0.2) is 0 Å². The predicted molar refractivity (Wildman–Crippen MR) is 62.4 cm³/mol. The first-order chi connectivity index (χ1) is 7.95. The van der Waals surface area contributed by atoms with Crippen LogP contribution in [-0.4, -0.2) is 35.5 Å². The molecule has 1 unspecified atom stereocenters. The number of nitrogens with one attached hydrogen (secondary N) is 2. The van der Waals surface area contributed by atoms with Gasteiger partial charge in [0.1, 0.15) is 0 Å². The predicted octanol–water partition coefficient (Wildman–Crippen LogP) is 0.272. The third-order valence-electron chi connectivity index (χ3n) is 2.12. The Bertz CT molecular complexity index is 279. The Hall–Kier alpha value is -1.59. The highest BCUT2D eigenvalue weighted by Gasteiger charge is 2.09. The van der Waals surface area contributed by atoms with Gasteiger partial charge in [-0.3, -0.25) is 14.4 Å². The molecule has 17 heavy (non-hydrogen) atoms. The third kappa shape index (κ3) is 9.35. The molecule has 0 saturated heterocycles. The van der Waals surface area contributed by atoms with Crippen molar-refractivity contribution in [3.63, 3.8) is 0 Å². The molecule has 3 N–H and O–H groups in total. The number of amides is 2. The van der Waals surface area contributed by atoms with Gasteiger partial charge < -0.3 is 15.7 Å². The van der Waals surface area contributed by atoms with E-state index in [-0.39, 0.29) is 30.8 Å². The van der Waals surface area contributed by atoms with Crippen LogP contribution in [0.5, 0.6) is 0 Å². The number of aliphatic carboxylic acids is 1. The van der Waals surface area contributed by atoms with Crippen LogP contribution in [0.1, 0.15) is 39.5 Å². The summed E-state index contributed by atoms with van der Waals surface area (Å²) in [4.78, 5) is 32.7. The van der Waals surface area contributed by atoms with Crippen LogP contribution in [0.25, 0.3) is 0 Å². The second-order valence-corrected chi connectivity index (χ2v) is 3.93. The molecule has 0 aliphatic rings. The Labute approximate surface area is 101 Å². The molecule has 0 aromatic rings. The first-order valence-corrected chi connectivity index (χ1v) is 5.73. The summed E-state index contributed by atoms with van der Waals surface area (Å²) >= 11 is 0. The molecule has 6 heteroatoms. The normalized spacial score (nSPS) is 11.6. The Morgan fingerprint density at radius 3 is 2.35 bits per heavy atom. The maximum atomic E-state index is 11.3. The number of rotatable bonds is 8. The van der Waals surface area contributed by atoms with Crippen molar-refractivity contribution in [2.24, 2.45) is 0 Å². The molecule has 0 saturated carbocycles. The maximum Gasteiger partial charge on any atom is 0.303 e. The van der Waals surface area contributed by atoms with Crippen LogP contribution in [0.15, 0.2) is 0 Å². The minimum Gasteiger partial charge on any atom is -0.481 e. The molecule has 98 valence electrons. The monoisotopic (exact) mass is 244 g/mol. The van der Waals surface area contributed by atoms with Crippen molar-refractivity contribution < 1.29 is 19.5 Å². The smallest absolute Gasteiger partial charge is 0.303 e. The van der Waals surface area contributed by atoms with E-state index in [0.717, 1.165) is 6.42 Å². The quantitative estimate of drug-likeness (QED) is 0.571. The minimum atomic E-state index is -0.887. The van der Waals surface area contributed by atoms with Gasteiger partial charge in [-0.15, -0.1) is 0 Å².